The molecule has 1 aromatic rings. The molecule has 0 aromatic heterocycles. The van der Waals surface area contributed by atoms with Crippen LogP contribution in [0.4, 0.5) is 0 Å². The molecule has 1 fully saturated rings. The maximum absolute atomic E-state index is 12.3. The van der Waals surface area contributed by atoms with Crippen LogP contribution >= 0.6 is 0 Å². The average molecular weight is 421 g/mol. The van der Waals surface area contributed by atoms with Crippen molar-refractivity contribution in [3.8, 4) is 5.75 Å². The van der Waals surface area contributed by atoms with Crippen molar-refractivity contribution in [3.05, 3.63) is 24.3 Å². The molecule has 1 heterocycles. The fourth-order valence-corrected chi connectivity index (χ4v) is 4.26. The first kappa shape index (κ1) is 22.1. The van der Waals surface area contributed by atoms with Gasteiger partial charge in [0, 0.05) is 25.4 Å². The van der Waals surface area contributed by atoms with Crippen molar-refractivity contribution in [1.82, 2.24) is 9.62 Å². The number of rotatable bonds is 11. The van der Waals surface area contributed by atoms with Crippen LogP contribution in [0.25, 0.3) is 0 Å². The van der Waals surface area contributed by atoms with E-state index >= 15 is 0 Å². The van der Waals surface area contributed by atoms with Gasteiger partial charge < -0.3 is 9.47 Å². The SMILES string of the molecule is CCS(=O)(=O)CCOc1ccc(S(=O)(=O)NCCCN2CCOCC2)cc1. The zero-order valence-electron chi connectivity index (χ0n) is 15.6. The number of hydrogen-bond donors (Lipinski definition) is 1. The van der Waals surface area contributed by atoms with Crippen molar-refractivity contribution in [2.75, 3.05) is 57.5 Å². The molecule has 0 saturated carbocycles. The van der Waals surface area contributed by atoms with E-state index in [2.05, 4.69) is 9.62 Å². The van der Waals surface area contributed by atoms with Crippen LogP contribution < -0.4 is 9.46 Å². The van der Waals surface area contributed by atoms with Gasteiger partial charge >= 0.3 is 0 Å². The number of benzene rings is 1. The Balaban J connectivity index is 1.76. The molecule has 1 saturated heterocycles. The molecule has 27 heavy (non-hydrogen) atoms. The number of ether oxygens (including phenoxy) is 2. The molecule has 1 aliphatic rings. The molecule has 2 rings (SSSR count). The first-order valence-corrected chi connectivity index (χ1v) is 12.4. The van der Waals surface area contributed by atoms with E-state index in [1.165, 1.54) is 24.3 Å². The fourth-order valence-electron chi connectivity index (χ4n) is 2.56. The van der Waals surface area contributed by atoms with Gasteiger partial charge in [0.1, 0.15) is 12.4 Å². The Morgan fingerprint density at radius 2 is 1.78 bits per heavy atom. The van der Waals surface area contributed by atoms with Crippen molar-refractivity contribution in [1.29, 1.82) is 0 Å². The second-order valence-electron chi connectivity index (χ2n) is 6.26. The molecular weight excluding hydrogens is 392 g/mol. The van der Waals surface area contributed by atoms with E-state index in [0.29, 0.717) is 12.3 Å². The summed E-state index contributed by atoms with van der Waals surface area (Å²) in [5.41, 5.74) is 0. The van der Waals surface area contributed by atoms with Crippen LogP contribution in [-0.4, -0.2) is 79.2 Å². The minimum absolute atomic E-state index is 0.0437. The Morgan fingerprint density at radius 1 is 1.11 bits per heavy atom. The number of nitrogens with zero attached hydrogens (tertiary/aromatic N) is 1. The number of sulfone groups is 1. The van der Waals surface area contributed by atoms with Gasteiger partial charge in [0.15, 0.2) is 9.84 Å². The monoisotopic (exact) mass is 420 g/mol. The van der Waals surface area contributed by atoms with Crippen molar-refractivity contribution in [2.24, 2.45) is 0 Å². The molecular formula is C17H28N2O6S2. The van der Waals surface area contributed by atoms with Crippen LogP contribution in [0.2, 0.25) is 0 Å². The second kappa shape index (κ2) is 10.4. The molecule has 1 N–H and O–H groups in total. The smallest absolute Gasteiger partial charge is 0.240 e. The third-order valence-corrected chi connectivity index (χ3v) is 7.43. The highest BCUT2D eigenvalue weighted by Crippen LogP contribution is 2.16. The number of sulfonamides is 1. The lowest BCUT2D eigenvalue weighted by atomic mass is 10.3. The molecule has 154 valence electrons. The molecule has 8 nitrogen and oxygen atoms in total. The van der Waals surface area contributed by atoms with Crippen molar-refractivity contribution in [3.63, 3.8) is 0 Å². The van der Waals surface area contributed by atoms with Gasteiger partial charge in [0.05, 0.1) is 23.9 Å². The van der Waals surface area contributed by atoms with Crippen LogP contribution in [0.15, 0.2) is 29.2 Å². The molecule has 0 aliphatic carbocycles. The molecule has 0 bridgehead atoms. The van der Waals surface area contributed by atoms with Gasteiger partial charge in [-0.05, 0) is 37.2 Å². The van der Waals surface area contributed by atoms with Gasteiger partial charge in [-0.2, -0.15) is 0 Å². The van der Waals surface area contributed by atoms with Gasteiger partial charge in [-0.15, -0.1) is 0 Å². The Bertz CT molecular complexity index is 772. The Morgan fingerprint density at radius 3 is 2.41 bits per heavy atom. The van der Waals surface area contributed by atoms with Crippen LogP contribution in [0.3, 0.4) is 0 Å². The molecule has 1 aromatic carbocycles. The zero-order valence-corrected chi connectivity index (χ0v) is 17.2. The van der Waals surface area contributed by atoms with E-state index in [4.69, 9.17) is 9.47 Å². The molecule has 0 amide bonds. The predicted octanol–water partition coefficient (Wildman–Crippen LogP) is 0.501. The summed E-state index contributed by atoms with van der Waals surface area (Å²) in [7, 11) is -6.66. The highest BCUT2D eigenvalue weighted by atomic mass is 32.2. The lowest BCUT2D eigenvalue weighted by molar-refractivity contribution is 0.0376. The highest BCUT2D eigenvalue weighted by molar-refractivity contribution is 7.91. The minimum atomic E-state index is -3.57. The van der Waals surface area contributed by atoms with Crippen molar-refractivity contribution in [2.45, 2.75) is 18.2 Å². The van der Waals surface area contributed by atoms with E-state index in [0.717, 1.165) is 39.3 Å². The van der Waals surface area contributed by atoms with Crippen LogP contribution in [0, 0.1) is 0 Å². The Labute approximate surface area is 161 Å². The second-order valence-corrected chi connectivity index (χ2v) is 10.5. The van der Waals surface area contributed by atoms with Gasteiger partial charge in [-0.25, -0.2) is 21.6 Å². The maximum atomic E-state index is 12.3. The summed E-state index contributed by atoms with van der Waals surface area (Å²) in [4.78, 5) is 2.41. The summed E-state index contributed by atoms with van der Waals surface area (Å²) in [5, 5.41) is 0. The third kappa shape index (κ3) is 7.74. The highest BCUT2D eigenvalue weighted by Gasteiger charge is 2.15. The number of nitrogens with one attached hydrogen (secondary N) is 1. The van der Waals surface area contributed by atoms with Gasteiger partial charge in [-0.3, -0.25) is 4.90 Å². The molecule has 10 heteroatoms. The Kier molecular flexibility index (Phi) is 8.49. The largest absolute Gasteiger partial charge is 0.493 e. The third-order valence-electron chi connectivity index (χ3n) is 4.28. The van der Waals surface area contributed by atoms with Gasteiger partial charge in [-0.1, -0.05) is 6.92 Å². The van der Waals surface area contributed by atoms with E-state index < -0.39 is 19.9 Å². The number of morpholine rings is 1. The Hall–Kier alpha value is -1.20. The fraction of sp³-hybridized carbons (Fsp3) is 0.647. The van der Waals surface area contributed by atoms with Crippen molar-refractivity contribution >= 4 is 19.9 Å². The summed E-state index contributed by atoms with van der Waals surface area (Å²) < 4.78 is 60.7. The van der Waals surface area contributed by atoms with Crippen LogP contribution in [0.1, 0.15) is 13.3 Å². The minimum Gasteiger partial charge on any atom is -0.493 e. The number of hydrogen-bond acceptors (Lipinski definition) is 7. The quantitative estimate of drug-likeness (QED) is 0.520. The molecule has 0 spiro atoms. The predicted molar refractivity (Wildman–Crippen MR) is 103 cm³/mol. The first-order chi connectivity index (χ1) is 12.8. The lowest BCUT2D eigenvalue weighted by Gasteiger charge is -2.26. The van der Waals surface area contributed by atoms with Crippen molar-refractivity contribution < 1.29 is 26.3 Å². The summed E-state index contributed by atoms with van der Waals surface area (Å²) in [6, 6.07) is 5.96. The van der Waals surface area contributed by atoms with Gasteiger partial charge in [0.25, 0.3) is 0 Å². The molecule has 0 radical (unpaired) electrons. The normalized spacial score (nSPS) is 16.3. The molecule has 1 aliphatic heterocycles. The lowest BCUT2D eigenvalue weighted by Crippen LogP contribution is -2.38. The van der Waals surface area contributed by atoms with E-state index in [1.54, 1.807) is 6.92 Å². The molecule has 0 unspecified atom stereocenters. The van der Waals surface area contributed by atoms with Crippen LogP contribution in [-0.2, 0) is 24.6 Å². The van der Waals surface area contributed by atoms with E-state index in [1.807, 2.05) is 0 Å². The summed E-state index contributed by atoms with van der Waals surface area (Å²) in [6.45, 7) is 6.05. The first-order valence-electron chi connectivity index (χ1n) is 9.05. The van der Waals surface area contributed by atoms with Gasteiger partial charge in [0.2, 0.25) is 10.0 Å². The van der Waals surface area contributed by atoms with Crippen LogP contribution in [0.5, 0.6) is 5.75 Å². The zero-order chi connectivity index (χ0) is 19.8. The maximum Gasteiger partial charge on any atom is 0.240 e. The molecule has 0 atom stereocenters. The standard InChI is InChI=1S/C17H28N2O6S2/c1-2-26(20,21)15-14-25-16-4-6-17(7-5-16)27(22,23)18-8-3-9-19-10-12-24-13-11-19/h4-7,18H,2-3,8-15H2,1H3. The van der Waals surface area contributed by atoms with E-state index in [-0.39, 0.29) is 23.0 Å². The van der Waals surface area contributed by atoms with E-state index in [9.17, 15) is 16.8 Å². The topological polar surface area (TPSA) is 102 Å². The summed E-state index contributed by atoms with van der Waals surface area (Å²) >= 11 is 0. The average Bonchev–Trinajstić information content (AvgIpc) is 2.66. The summed E-state index contributed by atoms with van der Waals surface area (Å²) in [5.74, 6) is 0.450. The summed E-state index contributed by atoms with van der Waals surface area (Å²) in [6.07, 6.45) is 0.728.